The third-order valence-electron chi connectivity index (χ3n) is 4.22. The van der Waals surface area contributed by atoms with Gasteiger partial charge in [-0.05, 0) is 19.3 Å². The summed E-state index contributed by atoms with van der Waals surface area (Å²) in [6.07, 6.45) is 8.44. The Kier molecular flexibility index (Phi) is 7.19. The number of amides is 1. The number of rotatable bonds is 7. The summed E-state index contributed by atoms with van der Waals surface area (Å²) in [7, 11) is 0. The van der Waals surface area contributed by atoms with E-state index in [1.54, 1.807) is 6.92 Å². The zero-order chi connectivity index (χ0) is 14.9. The first-order chi connectivity index (χ1) is 10.2. The van der Waals surface area contributed by atoms with Gasteiger partial charge in [-0.15, -0.1) is 0 Å². The molecular formula is C16H29N3O2. The second-order valence-corrected chi connectivity index (χ2v) is 5.93. The van der Waals surface area contributed by atoms with Crippen LogP contribution in [0.2, 0.25) is 0 Å². The van der Waals surface area contributed by atoms with Crippen molar-refractivity contribution in [1.29, 1.82) is 0 Å². The lowest BCUT2D eigenvalue weighted by Gasteiger charge is -2.34. The number of piperazine rings is 1. The molecule has 2 rings (SSSR count). The molecule has 1 aliphatic carbocycles. The van der Waals surface area contributed by atoms with E-state index in [0.29, 0.717) is 6.10 Å². The van der Waals surface area contributed by atoms with E-state index in [1.807, 2.05) is 0 Å². The summed E-state index contributed by atoms with van der Waals surface area (Å²) in [6, 6.07) is 0. The van der Waals surface area contributed by atoms with Crippen molar-refractivity contribution in [2.75, 3.05) is 52.4 Å². The molecule has 1 fully saturated rings. The van der Waals surface area contributed by atoms with Crippen molar-refractivity contribution in [2.45, 2.75) is 32.3 Å². The lowest BCUT2D eigenvalue weighted by atomic mass is 10.1. The Balaban J connectivity index is 1.51. The van der Waals surface area contributed by atoms with Crippen molar-refractivity contribution >= 4 is 5.91 Å². The van der Waals surface area contributed by atoms with Gasteiger partial charge in [0, 0.05) is 52.7 Å². The van der Waals surface area contributed by atoms with Crippen LogP contribution in [0.4, 0.5) is 0 Å². The van der Waals surface area contributed by atoms with Crippen LogP contribution in [-0.4, -0.2) is 74.2 Å². The molecule has 0 aromatic carbocycles. The van der Waals surface area contributed by atoms with Crippen molar-refractivity contribution in [2.24, 2.45) is 0 Å². The fraction of sp³-hybridized carbons (Fsp3) is 0.812. The molecule has 2 aliphatic rings. The number of carbonyl (C=O) groups excluding carboxylic acids is 1. The Morgan fingerprint density at radius 3 is 2.57 bits per heavy atom. The number of allylic oxidation sites excluding steroid dienone is 1. The minimum absolute atomic E-state index is 0.0579. The van der Waals surface area contributed by atoms with Gasteiger partial charge in [-0.3, -0.25) is 14.6 Å². The molecule has 1 aliphatic heterocycles. The van der Waals surface area contributed by atoms with Gasteiger partial charge in [0.2, 0.25) is 5.91 Å². The molecule has 120 valence electrons. The van der Waals surface area contributed by atoms with Crippen LogP contribution in [0.5, 0.6) is 0 Å². The highest BCUT2D eigenvalue weighted by molar-refractivity contribution is 5.72. The molecule has 0 aromatic rings. The van der Waals surface area contributed by atoms with Crippen molar-refractivity contribution in [3.63, 3.8) is 0 Å². The van der Waals surface area contributed by atoms with E-state index in [2.05, 4.69) is 27.3 Å². The number of nitrogens with one attached hydrogen (secondary N) is 1. The van der Waals surface area contributed by atoms with Gasteiger partial charge in [0.1, 0.15) is 0 Å². The largest absolute Gasteiger partial charge is 0.373 e. The maximum Gasteiger partial charge on any atom is 0.216 e. The molecule has 1 heterocycles. The van der Waals surface area contributed by atoms with E-state index in [1.165, 1.54) is 19.3 Å². The first-order valence-electron chi connectivity index (χ1n) is 8.21. The third-order valence-corrected chi connectivity index (χ3v) is 4.22. The molecule has 1 unspecified atom stereocenters. The minimum Gasteiger partial charge on any atom is -0.373 e. The van der Waals surface area contributed by atoms with E-state index >= 15 is 0 Å². The Morgan fingerprint density at radius 1 is 1.24 bits per heavy atom. The van der Waals surface area contributed by atoms with Crippen LogP contribution in [0.3, 0.4) is 0 Å². The molecule has 0 radical (unpaired) electrons. The second-order valence-electron chi connectivity index (χ2n) is 5.93. The van der Waals surface area contributed by atoms with Crippen LogP contribution in [0.15, 0.2) is 12.2 Å². The van der Waals surface area contributed by atoms with Crippen LogP contribution in [0.1, 0.15) is 26.2 Å². The Hall–Kier alpha value is -0.910. The van der Waals surface area contributed by atoms with Crippen LogP contribution < -0.4 is 5.32 Å². The first kappa shape index (κ1) is 16.5. The summed E-state index contributed by atoms with van der Waals surface area (Å²) in [6.45, 7) is 9.52. The summed E-state index contributed by atoms with van der Waals surface area (Å²) in [5.41, 5.74) is 0. The van der Waals surface area contributed by atoms with Crippen molar-refractivity contribution < 1.29 is 9.53 Å². The van der Waals surface area contributed by atoms with Crippen LogP contribution >= 0.6 is 0 Å². The highest BCUT2D eigenvalue weighted by Gasteiger charge is 2.16. The molecule has 0 spiro atoms. The lowest BCUT2D eigenvalue weighted by molar-refractivity contribution is -0.119. The summed E-state index contributed by atoms with van der Waals surface area (Å²) < 4.78 is 5.91. The molecule has 0 bridgehead atoms. The fourth-order valence-corrected chi connectivity index (χ4v) is 2.88. The van der Waals surface area contributed by atoms with E-state index < -0.39 is 0 Å². The molecule has 21 heavy (non-hydrogen) atoms. The van der Waals surface area contributed by atoms with Crippen molar-refractivity contribution in [1.82, 2.24) is 15.1 Å². The predicted octanol–water partition coefficient (Wildman–Crippen LogP) is 0.865. The zero-order valence-electron chi connectivity index (χ0n) is 13.2. The van der Waals surface area contributed by atoms with Crippen LogP contribution in [0.25, 0.3) is 0 Å². The average Bonchev–Trinajstić information content (AvgIpc) is 2.50. The molecule has 0 saturated carbocycles. The minimum atomic E-state index is 0.0579. The van der Waals surface area contributed by atoms with E-state index in [4.69, 9.17) is 4.74 Å². The average molecular weight is 295 g/mol. The van der Waals surface area contributed by atoms with E-state index in [0.717, 1.165) is 52.4 Å². The highest BCUT2D eigenvalue weighted by atomic mass is 16.5. The van der Waals surface area contributed by atoms with Gasteiger partial charge in [-0.1, -0.05) is 12.2 Å². The summed E-state index contributed by atoms with van der Waals surface area (Å²) in [5.74, 6) is 0.0579. The van der Waals surface area contributed by atoms with Gasteiger partial charge < -0.3 is 10.1 Å². The Morgan fingerprint density at radius 2 is 1.95 bits per heavy atom. The van der Waals surface area contributed by atoms with Gasteiger partial charge in [0.05, 0.1) is 12.7 Å². The molecule has 5 nitrogen and oxygen atoms in total. The smallest absolute Gasteiger partial charge is 0.216 e. The summed E-state index contributed by atoms with van der Waals surface area (Å²) >= 11 is 0. The fourth-order valence-electron chi connectivity index (χ4n) is 2.88. The Bertz CT molecular complexity index is 338. The lowest BCUT2D eigenvalue weighted by Crippen LogP contribution is -2.49. The second kappa shape index (κ2) is 9.18. The number of ether oxygens (including phenoxy) is 1. The number of nitrogens with zero attached hydrogens (tertiary/aromatic N) is 2. The molecular weight excluding hydrogens is 266 g/mol. The van der Waals surface area contributed by atoms with Crippen LogP contribution in [0, 0.1) is 0 Å². The quantitative estimate of drug-likeness (QED) is 0.708. The zero-order valence-corrected chi connectivity index (χ0v) is 13.2. The van der Waals surface area contributed by atoms with Crippen LogP contribution in [-0.2, 0) is 9.53 Å². The maximum atomic E-state index is 10.8. The van der Waals surface area contributed by atoms with Crippen molar-refractivity contribution in [3.05, 3.63) is 12.2 Å². The molecule has 1 N–H and O–H groups in total. The summed E-state index contributed by atoms with van der Waals surface area (Å²) in [5, 5.41) is 2.85. The maximum absolute atomic E-state index is 10.8. The molecule has 1 saturated heterocycles. The van der Waals surface area contributed by atoms with Gasteiger partial charge in [-0.25, -0.2) is 0 Å². The number of hydrogen-bond donors (Lipinski definition) is 1. The van der Waals surface area contributed by atoms with Gasteiger partial charge in [0.15, 0.2) is 0 Å². The van der Waals surface area contributed by atoms with Gasteiger partial charge >= 0.3 is 0 Å². The molecule has 1 atom stereocenters. The molecule has 1 amide bonds. The van der Waals surface area contributed by atoms with E-state index in [9.17, 15) is 4.79 Å². The molecule has 0 aromatic heterocycles. The first-order valence-corrected chi connectivity index (χ1v) is 8.21. The number of hydrogen-bond acceptors (Lipinski definition) is 4. The van der Waals surface area contributed by atoms with E-state index in [-0.39, 0.29) is 5.91 Å². The molecule has 5 heteroatoms. The predicted molar refractivity (Wildman–Crippen MR) is 84.3 cm³/mol. The summed E-state index contributed by atoms with van der Waals surface area (Å²) in [4.78, 5) is 15.7. The Labute approximate surface area is 128 Å². The topological polar surface area (TPSA) is 44.8 Å². The SMILES string of the molecule is CC(=O)NCCN1CCN(CCOC2C=CCCC2)CC1. The normalized spacial score (nSPS) is 24.1. The third kappa shape index (κ3) is 6.59. The standard InChI is InChI=1S/C16H29N3O2/c1-15(20)17-7-8-18-9-11-19(12-10-18)13-14-21-16-5-3-2-4-6-16/h3,5,16H,2,4,6-14H2,1H3,(H,17,20). The van der Waals surface area contributed by atoms with Gasteiger partial charge in [0.25, 0.3) is 0 Å². The van der Waals surface area contributed by atoms with Gasteiger partial charge in [-0.2, -0.15) is 0 Å². The number of carbonyl (C=O) groups is 1. The monoisotopic (exact) mass is 295 g/mol. The van der Waals surface area contributed by atoms with Crippen molar-refractivity contribution in [3.8, 4) is 0 Å². The highest BCUT2D eigenvalue weighted by Crippen LogP contribution is 2.13.